The maximum absolute atomic E-state index is 11.2. The average Bonchev–Trinajstić information content (AvgIpc) is 3.41. The third kappa shape index (κ3) is 10.2. The number of carbonyl (C=O) groups is 3. The van der Waals surface area contributed by atoms with E-state index in [0.717, 1.165) is 16.7 Å². The Hall–Kier alpha value is -1.56. The number of aromatic nitrogens is 6. The van der Waals surface area contributed by atoms with Crippen LogP contribution in [-0.2, 0) is 53.7 Å². The van der Waals surface area contributed by atoms with Crippen LogP contribution >= 0.6 is 69.6 Å². The summed E-state index contributed by atoms with van der Waals surface area (Å²) < 4.78 is 8.62. The largest absolute Gasteiger partial charge is 1.00 e. The van der Waals surface area contributed by atoms with Crippen LogP contribution in [0.5, 0.6) is 0 Å². The molecule has 12 nitrogen and oxygen atoms in total. The maximum Gasteiger partial charge on any atom is 0.346 e. The fraction of sp³-hybridized carbons (Fsp3) is 0.250. The van der Waals surface area contributed by atoms with Gasteiger partial charge in [-0.25, -0.2) is 41.8 Å². The topological polar surface area (TPSA) is 138 Å². The molecule has 45 heavy (non-hydrogen) atoms. The van der Waals surface area contributed by atoms with E-state index in [0.29, 0.717) is 0 Å². The fourth-order valence-electron chi connectivity index (χ4n) is 4.32. The molecule has 0 bridgehead atoms. The Morgan fingerprint density at radius 1 is 0.511 bits per heavy atom. The van der Waals surface area contributed by atoms with Gasteiger partial charge in [0, 0.05) is 0 Å². The van der Waals surface area contributed by atoms with Gasteiger partial charge < -0.3 is 66.3 Å². The van der Waals surface area contributed by atoms with Crippen molar-refractivity contribution in [2.45, 2.75) is 39.3 Å². The first-order valence-corrected chi connectivity index (χ1v) is 14.1. The Morgan fingerprint density at radius 3 is 0.933 bits per heavy atom. The number of carboxylic acid groups (broad SMARTS) is 3. The zero-order chi connectivity index (χ0) is 30.9. The van der Waals surface area contributed by atoms with Crippen LogP contribution in [-0.4, -0.2) is 46.9 Å². The molecule has 3 heterocycles. The van der Waals surface area contributed by atoms with Crippen molar-refractivity contribution in [3.05, 3.63) is 84.8 Å². The lowest BCUT2D eigenvalue weighted by Crippen LogP contribution is -3.00. The molecule has 3 N–H and O–H groups in total. The predicted octanol–water partition coefficient (Wildman–Crippen LogP) is -5.72. The number of rotatable bonds is 12. The van der Waals surface area contributed by atoms with Crippen molar-refractivity contribution in [1.29, 1.82) is 0 Å². The molecule has 4 rings (SSSR count). The molecule has 0 unspecified atom stereocenters. The third-order valence-electron chi connectivity index (χ3n) is 5.95. The third-order valence-corrected chi connectivity index (χ3v) is 8.61. The van der Waals surface area contributed by atoms with Crippen LogP contribution in [0, 0.1) is 0 Å². The maximum atomic E-state index is 11.2. The molecule has 0 fully saturated rings. The molecule has 0 saturated carbocycles. The van der Waals surface area contributed by atoms with Crippen molar-refractivity contribution in [1.82, 2.24) is 13.7 Å². The van der Waals surface area contributed by atoms with Gasteiger partial charge in [-0.15, -0.1) is 0 Å². The molecule has 4 aromatic rings. The van der Waals surface area contributed by atoms with Crippen LogP contribution in [0.3, 0.4) is 0 Å². The van der Waals surface area contributed by atoms with E-state index in [9.17, 15) is 29.7 Å². The summed E-state index contributed by atoms with van der Waals surface area (Å²) in [5.41, 5.74) is 2.21. The Balaban J connectivity index is 0.00000337. The van der Waals surface area contributed by atoms with Crippen LogP contribution in [0.2, 0.25) is 30.9 Å². The Morgan fingerprint density at radius 2 is 0.733 bits per heavy atom. The van der Waals surface area contributed by atoms with Gasteiger partial charge in [0.05, 0.1) is 0 Å². The first kappa shape index (κ1) is 41.5. The van der Waals surface area contributed by atoms with E-state index in [2.05, 4.69) is 0 Å². The van der Waals surface area contributed by atoms with E-state index in [1.165, 1.54) is 32.7 Å². The van der Waals surface area contributed by atoms with Gasteiger partial charge in [-0.3, -0.25) is 0 Å². The monoisotopic (exact) mass is 936 g/mol. The number of hydrogen-bond donors (Lipinski definition) is 3. The van der Waals surface area contributed by atoms with Crippen LogP contribution in [0.15, 0.2) is 37.2 Å². The summed E-state index contributed by atoms with van der Waals surface area (Å²) in [6, 6.07) is 5.57. The highest BCUT2D eigenvalue weighted by atomic mass is 79.9. The van der Waals surface area contributed by atoms with Gasteiger partial charge in [-0.2, -0.15) is 0 Å². The molecule has 0 radical (unpaired) electrons. The van der Waals surface area contributed by atoms with Gasteiger partial charge >= 0.3 is 17.9 Å². The van der Waals surface area contributed by atoms with Crippen LogP contribution in [0.25, 0.3) is 0 Å². The number of carboxylic acids is 3. The van der Waals surface area contributed by atoms with Gasteiger partial charge in [-0.05, 0) is 104 Å². The lowest BCUT2D eigenvalue weighted by Gasteiger charge is -2.08. The summed E-state index contributed by atoms with van der Waals surface area (Å²) in [6.45, 7) is -0.560. The lowest BCUT2D eigenvalue weighted by molar-refractivity contribution is -0.687. The second-order valence-corrected chi connectivity index (χ2v) is 11.3. The second-order valence-electron chi connectivity index (χ2n) is 9.20. The van der Waals surface area contributed by atoms with Gasteiger partial charge in [0.2, 0.25) is 19.0 Å². The molecule has 0 spiro atoms. The minimum absolute atomic E-state index is 0. The average molecular weight is 942 g/mol. The van der Waals surface area contributed by atoms with Crippen molar-refractivity contribution in [2.24, 2.45) is 0 Å². The van der Waals surface area contributed by atoms with Crippen molar-refractivity contribution in [2.75, 3.05) is 0 Å². The first-order valence-electron chi connectivity index (χ1n) is 11.8. The highest BCUT2D eigenvalue weighted by Crippen LogP contribution is 2.23. The van der Waals surface area contributed by atoms with E-state index in [1.54, 1.807) is 13.7 Å². The van der Waals surface area contributed by atoms with Crippen molar-refractivity contribution >= 4 is 87.5 Å². The van der Waals surface area contributed by atoms with Gasteiger partial charge in [0.15, 0.2) is 19.6 Å². The summed E-state index contributed by atoms with van der Waals surface area (Å²) in [5, 5.41) is 28.1. The molecule has 21 heteroatoms. The van der Waals surface area contributed by atoms with Crippen molar-refractivity contribution in [3.8, 4) is 0 Å². The number of nitrogens with zero attached hydrogens (tertiary/aromatic N) is 6. The zero-order valence-corrected chi connectivity index (χ0v) is 31.7. The van der Waals surface area contributed by atoms with Crippen molar-refractivity contribution < 1.29 is 94.3 Å². The molecule has 0 aliphatic carbocycles. The molecular weight excluding hydrogens is 921 g/mol. The predicted molar refractivity (Wildman–Crippen MR) is 151 cm³/mol. The van der Waals surface area contributed by atoms with Crippen LogP contribution in [0.4, 0.5) is 0 Å². The highest BCUT2D eigenvalue weighted by molar-refractivity contribution is 6.40. The summed E-state index contributed by atoms with van der Waals surface area (Å²) in [7, 11) is 0. The zero-order valence-electron chi connectivity index (χ0n) is 22.4. The number of aliphatic carboxylic acids is 3. The van der Waals surface area contributed by atoms with E-state index < -0.39 is 17.9 Å². The molecule has 1 aromatic carbocycles. The van der Waals surface area contributed by atoms with Gasteiger partial charge in [0.1, 0.15) is 19.6 Å². The molecule has 3 aromatic heterocycles. The van der Waals surface area contributed by atoms with Crippen LogP contribution in [0.1, 0.15) is 16.7 Å². The molecule has 0 aliphatic rings. The lowest BCUT2D eigenvalue weighted by atomic mass is 10.0. The number of benzene rings is 1. The summed E-state index contributed by atoms with van der Waals surface area (Å²) in [4.78, 5) is 33.6. The first-order chi connectivity index (χ1) is 19.7. The molecular formula is C24H21Br3Cl6N6O6. The number of imidazole rings is 3. The fourth-order valence-corrected chi connectivity index (χ4v) is 5.59. The van der Waals surface area contributed by atoms with Gasteiger partial charge in [0.25, 0.3) is 30.9 Å². The number of halogens is 9. The molecule has 0 aliphatic heterocycles. The standard InChI is InChI=1S/C24H18Cl6N6O6.3BrH/c25-19-22(28)34(7-16(37)38)10-31(19)4-13-1-14(5-32-11-35(8-17(39)40)23(29)20(32)26)3-15(2-13)6-33-12-36(9-18(41)42)24(30)21(33)27;;;/h1-3,10-12H,4-9H2;3*1H. The van der Waals surface area contributed by atoms with Crippen molar-refractivity contribution in [3.63, 3.8) is 0 Å². The van der Waals surface area contributed by atoms with E-state index >= 15 is 0 Å². The quantitative estimate of drug-likeness (QED) is 0.121. The summed E-state index contributed by atoms with van der Waals surface area (Å²) in [5.74, 6) is -3.28. The normalized spacial score (nSPS) is 10.5. The Kier molecular flexibility index (Phi) is 16.2. The Bertz CT molecular complexity index is 1520. The molecule has 246 valence electrons. The minimum Gasteiger partial charge on any atom is -1.00 e. The molecule has 0 saturated heterocycles. The Labute approximate surface area is 317 Å². The van der Waals surface area contributed by atoms with E-state index in [-0.39, 0.29) is 121 Å². The van der Waals surface area contributed by atoms with Gasteiger partial charge in [-0.1, -0.05) is 0 Å². The molecule has 0 amide bonds. The minimum atomic E-state index is -1.09. The SMILES string of the molecule is O=C(O)Cn1c[n+](Cc2cc(C[n+]3cn(CC(=O)O)c(Cl)c3Cl)cc(C[n+]3cn(CC(=O)O)c(Cl)c3Cl)c2)c(Cl)c1Cl.[Br-].[Br-].[Br-]. The smallest absolute Gasteiger partial charge is 0.346 e. The summed E-state index contributed by atoms with van der Waals surface area (Å²) in [6.07, 6.45) is 4.46. The second kappa shape index (κ2) is 17.6. The molecule has 0 atom stereocenters. The van der Waals surface area contributed by atoms with E-state index in [1.807, 2.05) is 18.2 Å². The number of hydrogen-bond acceptors (Lipinski definition) is 3. The summed E-state index contributed by atoms with van der Waals surface area (Å²) >= 11 is 37.9. The van der Waals surface area contributed by atoms with E-state index in [4.69, 9.17) is 69.6 Å². The van der Waals surface area contributed by atoms with Crippen LogP contribution < -0.4 is 64.6 Å². The highest BCUT2D eigenvalue weighted by Gasteiger charge is 2.26.